The van der Waals surface area contributed by atoms with Crippen molar-refractivity contribution in [2.45, 2.75) is 57.9 Å². The van der Waals surface area contributed by atoms with Crippen LogP contribution in [-0.2, 0) is 11.2 Å². The van der Waals surface area contributed by atoms with Gasteiger partial charge < -0.3 is 11.1 Å². The van der Waals surface area contributed by atoms with Crippen molar-refractivity contribution in [3.8, 4) is 0 Å². The van der Waals surface area contributed by atoms with Crippen molar-refractivity contribution in [3.05, 3.63) is 35.4 Å². The summed E-state index contributed by atoms with van der Waals surface area (Å²) < 4.78 is 0. The first kappa shape index (κ1) is 16.0. The molecule has 1 saturated carbocycles. The van der Waals surface area contributed by atoms with Crippen molar-refractivity contribution < 1.29 is 4.79 Å². The van der Waals surface area contributed by atoms with Crippen LogP contribution in [0.1, 0.15) is 49.7 Å². The molecule has 3 nitrogen and oxygen atoms in total. The Kier molecular flexibility index (Phi) is 6.24. The molecule has 3 N–H and O–H groups in total. The lowest BCUT2D eigenvalue weighted by atomic mass is 9.84. The third-order valence-electron chi connectivity index (χ3n) is 4.70. The van der Waals surface area contributed by atoms with Crippen molar-refractivity contribution in [3.63, 3.8) is 0 Å². The van der Waals surface area contributed by atoms with Gasteiger partial charge in [-0.15, -0.1) is 0 Å². The lowest BCUT2D eigenvalue weighted by molar-refractivity contribution is -0.122. The quantitative estimate of drug-likeness (QED) is 0.845. The maximum Gasteiger partial charge on any atom is 0.220 e. The number of rotatable bonds is 6. The molecule has 0 radical (unpaired) electrons. The Morgan fingerprint density at radius 3 is 2.67 bits per heavy atom. The number of aryl methyl sites for hydroxylation is 2. The summed E-state index contributed by atoms with van der Waals surface area (Å²) in [5.41, 5.74) is 8.38. The van der Waals surface area contributed by atoms with Crippen LogP contribution in [0.3, 0.4) is 0 Å². The van der Waals surface area contributed by atoms with Gasteiger partial charge in [0.15, 0.2) is 0 Å². The van der Waals surface area contributed by atoms with Gasteiger partial charge in [-0.1, -0.05) is 43.5 Å². The third-order valence-corrected chi connectivity index (χ3v) is 4.70. The van der Waals surface area contributed by atoms with Crippen LogP contribution in [0.2, 0.25) is 0 Å². The number of carbonyl (C=O) groups is 1. The minimum atomic E-state index is 0.138. The SMILES string of the molecule is Cc1ccccc1CCC(=O)NC(CN)C1CCCCC1. The molecule has 21 heavy (non-hydrogen) atoms. The van der Waals surface area contributed by atoms with E-state index in [-0.39, 0.29) is 11.9 Å². The fourth-order valence-electron chi connectivity index (χ4n) is 3.32. The molecule has 1 aromatic rings. The maximum atomic E-state index is 12.2. The number of nitrogens with one attached hydrogen (secondary N) is 1. The zero-order valence-electron chi connectivity index (χ0n) is 13.1. The maximum absolute atomic E-state index is 12.2. The molecule has 0 heterocycles. The third kappa shape index (κ3) is 4.85. The van der Waals surface area contributed by atoms with E-state index in [4.69, 9.17) is 5.73 Å². The van der Waals surface area contributed by atoms with Gasteiger partial charge in [0.2, 0.25) is 5.91 Å². The molecule has 116 valence electrons. The lowest BCUT2D eigenvalue weighted by Gasteiger charge is -2.30. The second-order valence-corrected chi connectivity index (χ2v) is 6.23. The molecule has 1 unspecified atom stereocenters. The molecule has 0 saturated heterocycles. The van der Waals surface area contributed by atoms with Crippen LogP contribution in [0.4, 0.5) is 0 Å². The molecule has 1 atom stereocenters. The van der Waals surface area contributed by atoms with E-state index in [0.29, 0.717) is 18.9 Å². The molecule has 0 aliphatic heterocycles. The van der Waals surface area contributed by atoms with Crippen LogP contribution in [0.15, 0.2) is 24.3 Å². The monoisotopic (exact) mass is 288 g/mol. The van der Waals surface area contributed by atoms with Gasteiger partial charge in [-0.05, 0) is 43.2 Å². The highest BCUT2D eigenvalue weighted by Gasteiger charge is 2.23. The fourth-order valence-corrected chi connectivity index (χ4v) is 3.32. The lowest BCUT2D eigenvalue weighted by Crippen LogP contribution is -2.46. The van der Waals surface area contributed by atoms with Crippen molar-refractivity contribution >= 4 is 5.91 Å². The first-order chi connectivity index (χ1) is 10.2. The molecule has 0 bridgehead atoms. The average molecular weight is 288 g/mol. The Balaban J connectivity index is 1.81. The Morgan fingerprint density at radius 1 is 1.29 bits per heavy atom. The van der Waals surface area contributed by atoms with E-state index < -0.39 is 0 Å². The number of hydrogen-bond acceptors (Lipinski definition) is 2. The van der Waals surface area contributed by atoms with Crippen LogP contribution in [0.25, 0.3) is 0 Å². The fraction of sp³-hybridized carbons (Fsp3) is 0.611. The van der Waals surface area contributed by atoms with Crippen LogP contribution in [0.5, 0.6) is 0 Å². The normalized spacial score (nSPS) is 17.4. The van der Waals surface area contributed by atoms with E-state index in [9.17, 15) is 4.79 Å². The smallest absolute Gasteiger partial charge is 0.220 e. The average Bonchev–Trinajstić information content (AvgIpc) is 2.52. The van der Waals surface area contributed by atoms with Crippen molar-refractivity contribution in [1.29, 1.82) is 0 Å². The molecule has 1 aromatic carbocycles. The second kappa shape index (κ2) is 8.18. The number of carbonyl (C=O) groups excluding carboxylic acids is 1. The molecule has 1 aliphatic carbocycles. The second-order valence-electron chi connectivity index (χ2n) is 6.23. The largest absolute Gasteiger partial charge is 0.352 e. The number of nitrogens with two attached hydrogens (primary N) is 1. The van der Waals surface area contributed by atoms with E-state index in [2.05, 4.69) is 24.4 Å². The summed E-state index contributed by atoms with van der Waals surface area (Å²) in [6.07, 6.45) is 7.66. The highest BCUT2D eigenvalue weighted by Crippen LogP contribution is 2.26. The first-order valence-electron chi connectivity index (χ1n) is 8.24. The predicted octanol–water partition coefficient (Wildman–Crippen LogP) is 2.95. The Bertz CT molecular complexity index is 452. The summed E-state index contributed by atoms with van der Waals surface area (Å²) in [7, 11) is 0. The summed E-state index contributed by atoms with van der Waals surface area (Å²) in [6.45, 7) is 2.65. The molecule has 1 fully saturated rings. The zero-order valence-corrected chi connectivity index (χ0v) is 13.1. The summed E-state index contributed by atoms with van der Waals surface area (Å²) >= 11 is 0. The van der Waals surface area contributed by atoms with E-state index in [1.807, 2.05) is 12.1 Å². The standard InChI is InChI=1S/C18H28N2O/c1-14-7-5-6-8-15(14)11-12-18(21)20-17(13-19)16-9-3-2-4-10-16/h5-8,16-17H,2-4,9-13,19H2,1H3,(H,20,21). The van der Waals surface area contributed by atoms with Crippen LogP contribution in [-0.4, -0.2) is 18.5 Å². The summed E-state index contributed by atoms with van der Waals surface area (Å²) in [6, 6.07) is 8.43. The summed E-state index contributed by atoms with van der Waals surface area (Å²) in [4.78, 5) is 12.2. The first-order valence-corrected chi connectivity index (χ1v) is 8.24. The number of benzene rings is 1. The Labute approximate surface area is 128 Å². The predicted molar refractivity (Wildman–Crippen MR) is 87.1 cm³/mol. The highest BCUT2D eigenvalue weighted by atomic mass is 16.1. The van der Waals surface area contributed by atoms with Gasteiger partial charge in [-0.2, -0.15) is 0 Å². The summed E-state index contributed by atoms with van der Waals surface area (Å²) in [5, 5.41) is 3.16. The van der Waals surface area contributed by atoms with Crippen molar-refractivity contribution in [1.82, 2.24) is 5.32 Å². The minimum absolute atomic E-state index is 0.138. The van der Waals surface area contributed by atoms with Gasteiger partial charge >= 0.3 is 0 Å². The van der Waals surface area contributed by atoms with Gasteiger partial charge in [0, 0.05) is 19.0 Å². The van der Waals surface area contributed by atoms with E-state index in [1.165, 1.54) is 43.2 Å². The zero-order chi connectivity index (χ0) is 15.1. The van der Waals surface area contributed by atoms with Crippen LogP contribution >= 0.6 is 0 Å². The summed E-state index contributed by atoms with van der Waals surface area (Å²) in [5.74, 6) is 0.713. The molecule has 1 amide bonds. The van der Waals surface area contributed by atoms with Gasteiger partial charge in [-0.25, -0.2) is 0 Å². The van der Waals surface area contributed by atoms with Crippen molar-refractivity contribution in [2.24, 2.45) is 11.7 Å². The topological polar surface area (TPSA) is 55.1 Å². The molecule has 2 rings (SSSR count). The van der Waals surface area contributed by atoms with Gasteiger partial charge in [0.1, 0.15) is 0 Å². The molecule has 3 heteroatoms. The highest BCUT2D eigenvalue weighted by molar-refractivity contribution is 5.76. The number of amides is 1. The van der Waals surface area contributed by atoms with E-state index >= 15 is 0 Å². The van der Waals surface area contributed by atoms with Gasteiger partial charge in [-0.3, -0.25) is 4.79 Å². The minimum Gasteiger partial charge on any atom is -0.352 e. The van der Waals surface area contributed by atoms with Crippen LogP contribution in [0, 0.1) is 12.8 Å². The molecule has 1 aliphatic rings. The molecule has 0 spiro atoms. The van der Waals surface area contributed by atoms with Crippen LogP contribution < -0.4 is 11.1 Å². The molecular formula is C18H28N2O. The van der Waals surface area contributed by atoms with E-state index in [1.54, 1.807) is 0 Å². The van der Waals surface area contributed by atoms with E-state index in [0.717, 1.165) is 6.42 Å². The van der Waals surface area contributed by atoms with Gasteiger partial charge in [0.05, 0.1) is 0 Å². The Morgan fingerprint density at radius 2 is 2.00 bits per heavy atom. The molecule has 0 aromatic heterocycles. The van der Waals surface area contributed by atoms with Crippen molar-refractivity contribution in [2.75, 3.05) is 6.54 Å². The number of hydrogen-bond donors (Lipinski definition) is 2. The van der Waals surface area contributed by atoms with Gasteiger partial charge in [0.25, 0.3) is 0 Å². The molecular weight excluding hydrogens is 260 g/mol. The Hall–Kier alpha value is -1.35.